The number of fused-ring (bicyclic) bond motifs is 1. The van der Waals surface area contributed by atoms with Crippen molar-refractivity contribution in [3.8, 4) is 17.1 Å². The summed E-state index contributed by atoms with van der Waals surface area (Å²) in [6.07, 6.45) is 4.62. The minimum atomic E-state index is 0.748. The summed E-state index contributed by atoms with van der Waals surface area (Å²) in [6.45, 7) is 5.92. The number of rotatable bonds is 5. The van der Waals surface area contributed by atoms with Crippen molar-refractivity contribution in [1.29, 1.82) is 0 Å². The van der Waals surface area contributed by atoms with Gasteiger partial charge in [-0.15, -0.1) is 11.3 Å². The molecule has 7 heteroatoms. The Balaban J connectivity index is 1.44. The van der Waals surface area contributed by atoms with Crippen LogP contribution >= 0.6 is 11.3 Å². The SMILES string of the molecule is CCc1cc2c(N3CCN(c4ccc(OC)cc4)CC3)nc(-c3cccnc3)nc2s1. The van der Waals surface area contributed by atoms with Gasteiger partial charge in [0.15, 0.2) is 5.82 Å². The molecule has 0 atom stereocenters. The van der Waals surface area contributed by atoms with Gasteiger partial charge in [0.05, 0.1) is 12.5 Å². The van der Waals surface area contributed by atoms with E-state index in [1.165, 1.54) is 10.6 Å². The van der Waals surface area contributed by atoms with E-state index in [1.807, 2.05) is 30.5 Å². The maximum atomic E-state index is 5.29. The summed E-state index contributed by atoms with van der Waals surface area (Å²) in [6, 6.07) is 14.5. The van der Waals surface area contributed by atoms with Crippen LogP contribution < -0.4 is 14.5 Å². The van der Waals surface area contributed by atoms with Gasteiger partial charge in [-0.25, -0.2) is 9.97 Å². The van der Waals surface area contributed by atoms with Gasteiger partial charge in [-0.3, -0.25) is 4.98 Å². The number of benzene rings is 1. The molecule has 1 aliphatic heterocycles. The van der Waals surface area contributed by atoms with Gasteiger partial charge in [0.25, 0.3) is 0 Å². The van der Waals surface area contributed by atoms with Gasteiger partial charge in [-0.1, -0.05) is 6.92 Å². The number of methoxy groups -OCH3 is 1. The number of anilines is 2. The zero-order valence-electron chi connectivity index (χ0n) is 17.8. The van der Waals surface area contributed by atoms with Gasteiger partial charge in [-0.05, 0) is 48.9 Å². The molecule has 4 aromatic rings. The molecular weight excluding hydrogens is 406 g/mol. The Labute approximate surface area is 186 Å². The lowest BCUT2D eigenvalue weighted by atomic mass is 10.2. The van der Waals surface area contributed by atoms with E-state index in [-0.39, 0.29) is 0 Å². The molecule has 5 rings (SSSR count). The van der Waals surface area contributed by atoms with Crippen molar-refractivity contribution in [3.05, 3.63) is 59.7 Å². The van der Waals surface area contributed by atoms with Gasteiger partial charge < -0.3 is 14.5 Å². The van der Waals surface area contributed by atoms with Crippen LogP contribution in [0.5, 0.6) is 5.75 Å². The third-order valence-electron chi connectivity index (χ3n) is 5.71. The molecule has 1 aromatic carbocycles. The molecular formula is C24H25N5OS. The van der Waals surface area contributed by atoms with Crippen molar-refractivity contribution in [2.45, 2.75) is 13.3 Å². The lowest BCUT2D eigenvalue weighted by molar-refractivity contribution is 0.415. The van der Waals surface area contributed by atoms with Crippen LogP contribution in [0.15, 0.2) is 54.9 Å². The summed E-state index contributed by atoms with van der Waals surface area (Å²) in [4.78, 5) is 21.3. The molecule has 1 fully saturated rings. The van der Waals surface area contributed by atoms with Crippen LogP contribution in [0.1, 0.15) is 11.8 Å². The summed E-state index contributed by atoms with van der Waals surface area (Å²) in [5.41, 5.74) is 2.18. The topological polar surface area (TPSA) is 54.4 Å². The smallest absolute Gasteiger partial charge is 0.164 e. The fourth-order valence-corrected chi connectivity index (χ4v) is 4.93. The molecule has 0 N–H and O–H groups in total. The van der Waals surface area contributed by atoms with Crippen LogP contribution in [-0.4, -0.2) is 48.2 Å². The Kier molecular flexibility index (Phi) is 5.42. The van der Waals surface area contributed by atoms with E-state index in [9.17, 15) is 0 Å². The maximum absolute atomic E-state index is 5.29. The van der Waals surface area contributed by atoms with Crippen LogP contribution in [0.3, 0.4) is 0 Å². The summed E-state index contributed by atoms with van der Waals surface area (Å²) >= 11 is 1.76. The van der Waals surface area contributed by atoms with Crippen LogP contribution in [0.2, 0.25) is 0 Å². The fourth-order valence-electron chi connectivity index (χ4n) is 3.97. The molecule has 0 amide bonds. The van der Waals surface area contributed by atoms with Crippen molar-refractivity contribution in [2.75, 3.05) is 43.1 Å². The van der Waals surface area contributed by atoms with Crippen LogP contribution in [-0.2, 0) is 6.42 Å². The van der Waals surface area contributed by atoms with Crippen molar-refractivity contribution in [3.63, 3.8) is 0 Å². The molecule has 0 aliphatic carbocycles. The molecule has 6 nitrogen and oxygen atoms in total. The molecule has 0 saturated carbocycles. The number of piperazine rings is 1. The van der Waals surface area contributed by atoms with E-state index in [0.717, 1.165) is 65.8 Å². The summed E-state index contributed by atoms with van der Waals surface area (Å²) in [5, 5.41) is 1.16. The fraction of sp³-hybridized carbons (Fsp3) is 0.292. The first-order valence-corrected chi connectivity index (χ1v) is 11.4. The Hall–Kier alpha value is -3.19. The average Bonchev–Trinajstić information content (AvgIpc) is 3.28. The zero-order chi connectivity index (χ0) is 21.2. The van der Waals surface area contributed by atoms with Crippen LogP contribution in [0.4, 0.5) is 11.5 Å². The Morgan fingerprint density at radius 2 is 1.77 bits per heavy atom. The minimum Gasteiger partial charge on any atom is -0.497 e. The number of hydrogen-bond donors (Lipinski definition) is 0. The zero-order valence-corrected chi connectivity index (χ0v) is 18.6. The first kappa shape index (κ1) is 19.8. The first-order valence-electron chi connectivity index (χ1n) is 10.6. The highest BCUT2D eigenvalue weighted by Gasteiger charge is 2.22. The molecule has 158 valence electrons. The lowest BCUT2D eigenvalue weighted by Gasteiger charge is -2.37. The van der Waals surface area contributed by atoms with E-state index in [0.29, 0.717) is 0 Å². The Morgan fingerprint density at radius 3 is 2.45 bits per heavy atom. The molecule has 0 spiro atoms. The second kappa shape index (κ2) is 8.51. The monoisotopic (exact) mass is 431 g/mol. The highest BCUT2D eigenvalue weighted by molar-refractivity contribution is 7.18. The summed E-state index contributed by atoms with van der Waals surface area (Å²) < 4.78 is 5.29. The van der Waals surface area contributed by atoms with Gasteiger partial charge in [0.2, 0.25) is 0 Å². The van der Waals surface area contributed by atoms with Crippen molar-refractivity contribution >= 4 is 33.1 Å². The second-order valence-electron chi connectivity index (χ2n) is 7.57. The number of hydrogen-bond acceptors (Lipinski definition) is 7. The summed E-state index contributed by atoms with van der Waals surface area (Å²) in [7, 11) is 1.70. The van der Waals surface area contributed by atoms with Crippen LogP contribution in [0.25, 0.3) is 21.6 Å². The largest absolute Gasteiger partial charge is 0.497 e. The molecule has 3 aromatic heterocycles. The van der Waals surface area contributed by atoms with Crippen molar-refractivity contribution in [1.82, 2.24) is 15.0 Å². The van der Waals surface area contributed by atoms with E-state index in [4.69, 9.17) is 14.7 Å². The third-order valence-corrected chi connectivity index (χ3v) is 6.88. The molecule has 31 heavy (non-hydrogen) atoms. The maximum Gasteiger partial charge on any atom is 0.164 e. The van der Waals surface area contributed by atoms with E-state index in [1.54, 1.807) is 24.6 Å². The van der Waals surface area contributed by atoms with Gasteiger partial charge >= 0.3 is 0 Å². The normalized spacial score (nSPS) is 14.3. The minimum absolute atomic E-state index is 0.748. The van der Waals surface area contributed by atoms with Gasteiger partial charge in [0, 0.05) is 54.7 Å². The Morgan fingerprint density at radius 1 is 1.00 bits per heavy atom. The van der Waals surface area contributed by atoms with Crippen molar-refractivity contribution in [2.24, 2.45) is 0 Å². The van der Waals surface area contributed by atoms with Gasteiger partial charge in [-0.2, -0.15) is 0 Å². The highest BCUT2D eigenvalue weighted by Crippen LogP contribution is 2.34. The molecule has 1 saturated heterocycles. The lowest BCUT2D eigenvalue weighted by Crippen LogP contribution is -2.47. The number of pyridine rings is 1. The number of aryl methyl sites for hydroxylation is 1. The van der Waals surface area contributed by atoms with E-state index in [2.05, 4.69) is 39.9 Å². The van der Waals surface area contributed by atoms with Gasteiger partial charge in [0.1, 0.15) is 16.4 Å². The standard InChI is InChI=1S/C24H25N5OS/c1-3-20-15-21-23(26-22(27-24(21)31-20)17-5-4-10-25-16-17)29-13-11-28(12-14-29)18-6-8-19(30-2)9-7-18/h4-10,15-16H,3,11-14H2,1-2H3. The number of aromatic nitrogens is 3. The first-order chi connectivity index (χ1) is 15.2. The van der Waals surface area contributed by atoms with E-state index < -0.39 is 0 Å². The highest BCUT2D eigenvalue weighted by atomic mass is 32.1. The predicted octanol–water partition coefficient (Wildman–Crippen LogP) is 4.65. The Bertz CT molecular complexity index is 1170. The number of thiophene rings is 1. The summed E-state index contributed by atoms with van der Waals surface area (Å²) in [5.74, 6) is 2.67. The van der Waals surface area contributed by atoms with Crippen molar-refractivity contribution < 1.29 is 4.74 Å². The second-order valence-corrected chi connectivity index (χ2v) is 8.68. The van der Waals surface area contributed by atoms with E-state index >= 15 is 0 Å². The average molecular weight is 432 g/mol. The molecule has 4 heterocycles. The molecule has 1 aliphatic rings. The van der Waals surface area contributed by atoms with Crippen LogP contribution in [0, 0.1) is 0 Å². The molecule has 0 radical (unpaired) electrons. The quantitative estimate of drug-likeness (QED) is 0.458. The predicted molar refractivity (Wildman–Crippen MR) is 127 cm³/mol. The number of ether oxygens (including phenoxy) is 1. The molecule has 0 bridgehead atoms. The number of nitrogens with zero attached hydrogens (tertiary/aromatic N) is 5. The molecule has 0 unspecified atom stereocenters. The third kappa shape index (κ3) is 3.93.